The van der Waals surface area contributed by atoms with E-state index in [2.05, 4.69) is 13.2 Å². The van der Waals surface area contributed by atoms with Crippen LogP contribution >= 0.6 is 0 Å². The van der Waals surface area contributed by atoms with Gasteiger partial charge >= 0.3 is 0 Å². The summed E-state index contributed by atoms with van der Waals surface area (Å²) in [6.07, 6.45) is 2.90. The van der Waals surface area contributed by atoms with Crippen LogP contribution in [0.4, 0.5) is 0 Å². The number of ether oxygens (including phenoxy) is 3. The van der Waals surface area contributed by atoms with E-state index in [1.807, 2.05) is 18.2 Å². The molecule has 1 aliphatic heterocycles. The van der Waals surface area contributed by atoms with Crippen molar-refractivity contribution in [3.63, 3.8) is 0 Å². The Morgan fingerprint density at radius 2 is 1.89 bits per heavy atom. The molecule has 0 spiro atoms. The van der Waals surface area contributed by atoms with Crippen molar-refractivity contribution in [2.45, 2.75) is 62.4 Å². The number of hydrogen-bond donors (Lipinski definition) is 5. The van der Waals surface area contributed by atoms with Gasteiger partial charge in [0.15, 0.2) is 12.6 Å². The summed E-state index contributed by atoms with van der Waals surface area (Å²) in [7, 11) is 1.57. The number of allylic oxidation sites excluding steroid dienone is 8. The van der Waals surface area contributed by atoms with Gasteiger partial charge in [-0.05, 0) is 30.6 Å². The second-order valence-electron chi connectivity index (χ2n) is 10.8. The molecule has 10 atom stereocenters. The quantitative estimate of drug-likeness (QED) is 0.356. The minimum Gasteiger partial charge on any atom is -0.511 e. The van der Waals surface area contributed by atoms with E-state index >= 15 is 0 Å². The summed E-state index contributed by atoms with van der Waals surface area (Å²) in [5.41, 5.74) is 6.23. The summed E-state index contributed by atoms with van der Waals surface area (Å²) in [4.78, 5) is 12.0. The van der Waals surface area contributed by atoms with Crippen LogP contribution in [0.1, 0.15) is 26.2 Å². The fourth-order valence-electron chi connectivity index (χ4n) is 6.70. The van der Waals surface area contributed by atoms with Gasteiger partial charge in [0.1, 0.15) is 22.9 Å². The molecule has 0 aromatic carbocycles. The molecule has 9 unspecified atom stereocenters. The van der Waals surface area contributed by atoms with E-state index in [9.17, 15) is 25.2 Å². The Balaban J connectivity index is 1.57. The number of methoxy groups -OCH3 is 1. The van der Waals surface area contributed by atoms with Crippen LogP contribution in [0, 0.1) is 23.7 Å². The van der Waals surface area contributed by atoms with E-state index in [0.717, 1.165) is 0 Å². The van der Waals surface area contributed by atoms with Gasteiger partial charge < -0.3 is 45.2 Å². The molecule has 0 radical (unpaired) electrons. The first-order valence-electron chi connectivity index (χ1n) is 12.6. The van der Waals surface area contributed by atoms with Crippen molar-refractivity contribution in [2.24, 2.45) is 29.4 Å². The second-order valence-corrected chi connectivity index (χ2v) is 10.8. The first-order chi connectivity index (χ1) is 17.5. The monoisotopic (exact) mass is 513 g/mol. The Bertz CT molecular complexity index is 1140. The molecule has 9 nitrogen and oxygen atoms in total. The van der Waals surface area contributed by atoms with E-state index < -0.39 is 48.1 Å². The van der Waals surface area contributed by atoms with Crippen molar-refractivity contribution in [1.82, 2.24) is 0 Å². The van der Waals surface area contributed by atoms with Crippen LogP contribution in [0.5, 0.6) is 0 Å². The van der Waals surface area contributed by atoms with Crippen LogP contribution < -0.4 is 5.73 Å². The van der Waals surface area contributed by atoms with Crippen molar-refractivity contribution in [3.05, 3.63) is 71.0 Å². The van der Waals surface area contributed by atoms with Crippen molar-refractivity contribution < 1.29 is 39.4 Å². The lowest BCUT2D eigenvalue weighted by Crippen LogP contribution is -2.56. The fourth-order valence-corrected chi connectivity index (χ4v) is 6.70. The van der Waals surface area contributed by atoms with Crippen LogP contribution in [0.15, 0.2) is 71.0 Å². The predicted molar refractivity (Wildman–Crippen MR) is 134 cm³/mol. The molecule has 1 saturated heterocycles. The SMILES string of the molecule is C=C1C2=C(O)C3C[C@@](O)(C=O)CC(OC4CC(N)C(O)C(C)O4)C3C(O)=C2C(=C)C2C(OC)=CC=CC12. The largest absolute Gasteiger partial charge is 0.511 e. The lowest BCUT2D eigenvalue weighted by Gasteiger charge is -2.50. The smallest absolute Gasteiger partial charge is 0.160 e. The van der Waals surface area contributed by atoms with Crippen LogP contribution in [0.3, 0.4) is 0 Å². The predicted octanol–water partition coefficient (Wildman–Crippen LogP) is 2.25. The van der Waals surface area contributed by atoms with Gasteiger partial charge in [-0.1, -0.05) is 25.3 Å². The standard InChI is InChI=1S/C28H35NO8/c1-12-15-6-5-7-18(35-4)21(15)13(2)23-22(12)26(32)16-9-28(34,11-30)10-19(24(16)27(23)33)37-20-8-17(29)25(31)14(3)36-20/h5-7,11,14-17,19-21,24-25,31-34H,1-2,8-10,29H2,3-4H3/t14?,15?,16?,17?,19?,20?,21?,24?,25?,28-/m0/s1. The third kappa shape index (κ3) is 4.00. The van der Waals surface area contributed by atoms with Gasteiger partial charge in [0.25, 0.3) is 0 Å². The first kappa shape index (κ1) is 25.9. The molecule has 0 bridgehead atoms. The van der Waals surface area contributed by atoms with E-state index in [0.29, 0.717) is 34.3 Å². The molecule has 0 amide bonds. The minimum absolute atomic E-state index is 0.0430. The molecular weight excluding hydrogens is 478 g/mol. The van der Waals surface area contributed by atoms with Crippen LogP contribution in [0.25, 0.3) is 0 Å². The highest BCUT2D eigenvalue weighted by molar-refractivity contribution is 5.68. The van der Waals surface area contributed by atoms with Gasteiger partial charge in [0.2, 0.25) is 0 Å². The van der Waals surface area contributed by atoms with Crippen LogP contribution in [0.2, 0.25) is 0 Å². The molecule has 200 valence electrons. The van der Waals surface area contributed by atoms with Crippen molar-refractivity contribution >= 4 is 6.29 Å². The number of nitrogens with two attached hydrogens (primary N) is 1. The number of carbonyl (C=O) groups excluding carboxylic acids is 1. The molecule has 3 fully saturated rings. The maximum atomic E-state index is 12.0. The zero-order chi connectivity index (χ0) is 26.8. The third-order valence-electron chi connectivity index (χ3n) is 8.59. The molecule has 0 aromatic heterocycles. The molecule has 2 saturated carbocycles. The Morgan fingerprint density at radius 1 is 1.19 bits per heavy atom. The van der Waals surface area contributed by atoms with E-state index in [4.69, 9.17) is 19.9 Å². The van der Waals surface area contributed by atoms with Gasteiger partial charge in [0, 0.05) is 41.9 Å². The topological polar surface area (TPSA) is 152 Å². The summed E-state index contributed by atoms with van der Waals surface area (Å²) >= 11 is 0. The average molecular weight is 514 g/mol. The highest BCUT2D eigenvalue weighted by Gasteiger charge is 2.55. The highest BCUT2D eigenvalue weighted by atomic mass is 16.7. The molecule has 9 heteroatoms. The fraction of sp³-hybridized carbons (Fsp3) is 0.536. The number of rotatable bonds is 4. The minimum atomic E-state index is -1.79. The Morgan fingerprint density at radius 3 is 2.54 bits per heavy atom. The molecule has 5 aliphatic rings. The van der Waals surface area contributed by atoms with Crippen molar-refractivity contribution in [2.75, 3.05) is 7.11 Å². The Labute approximate surface area is 215 Å². The van der Waals surface area contributed by atoms with Gasteiger partial charge in [0.05, 0.1) is 37.3 Å². The lowest BCUT2D eigenvalue weighted by atomic mass is 9.59. The summed E-state index contributed by atoms with van der Waals surface area (Å²) in [6.45, 7) is 10.2. The zero-order valence-electron chi connectivity index (χ0n) is 21.0. The zero-order valence-corrected chi connectivity index (χ0v) is 21.0. The average Bonchev–Trinajstić information content (AvgIpc) is 2.87. The Kier molecular flexibility index (Phi) is 6.49. The second kappa shape index (κ2) is 9.25. The van der Waals surface area contributed by atoms with Gasteiger partial charge in [-0.15, -0.1) is 0 Å². The summed E-state index contributed by atoms with van der Waals surface area (Å²) in [6, 6.07) is -0.590. The third-order valence-corrected chi connectivity index (χ3v) is 8.59. The molecule has 5 rings (SSSR count). The first-order valence-corrected chi connectivity index (χ1v) is 12.6. The molecule has 4 aliphatic carbocycles. The van der Waals surface area contributed by atoms with Crippen LogP contribution in [-0.4, -0.2) is 70.1 Å². The number of aliphatic hydroxyl groups excluding tert-OH is 3. The van der Waals surface area contributed by atoms with Crippen LogP contribution in [-0.2, 0) is 19.0 Å². The van der Waals surface area contributed by atoms with Crippen molar-refractivity contribution in [3.8, 4) is 0 Å². The molecular formula is C28H35NO8. The molecule has 0 aromatic rings. The number of fused-ring (bicyclic) bond motifs is 3. The maximum Gasteiger partial charge on any atom is 0.160 e. The number of carbonyl (C=O) groups is 1. The summed E-state index contributed by atoms with van der Waals surface area (Å²) in [5.74, 6) is -1.56. The van der Waals surface area contributed by atoms with Gasteiger partial charge in [-0.3, -0.25) is 0 Å². The molecule has 37 heavy (non-hydrogen) atoms. The number of aliphatic hydroxyl groups is 4. The number of aldehydes is 1. The summed E-state index contributed by atoms with van der Waals surface area (Å²) in [5, 5.41) is 44.6. The summed E-state index contributed by atoms with van der Waals surface area (Å²) < 4.78 is 17.6. The van der Waals surface area contributed by atoms with Gasteiger partial charge in [-0.2, -0.15) is 0 Å². The Hall–Kier alpha value is -2.69. The van der Waals surface area contributed by atoms with E-state index in [1.165, 1.54) is 0 Å². The highest BCUT2D eigenvalue weighted by Crippen LogP contribution is 2.57. The van der Waals surface area contributed by atoms with E-state index in [-0.39, 0.29) is 42.6 Å². The lowest BCUT2D eigenvalue weighted by molar-refractivity contribution is -0.258. The van der Waals surface area contributed by atoms with Crippen molar-refractivity contribution in [1.29, 1.82) is 0 Å². The maximum absolute atomic E-state index is 12.0. The normalized spacial score (nSPS) is 43.6. The van der Waals surface area contributed by atoms with Gasteiger partial charge in [-0.25, -0.2) is 0 Å². The number of hydrogen-bond acceptors (Lipinski definition) is 9. The molecule has 1 heterocycles. The molecule has 6 N–H and O–H groups in total. The van der Waals surface area contributed by atoms with E-state index in [1.54, 1.807) is 14.0 Å².